The summed E-state index contributed by atoms with van der Waals surface area (Å²) in [4.78, 5) is 4.25. The third-order valence-corrected chi connectivity index (χ3v) is 4.72. The summed E-state index contributed by atoms with van der Waals surface area (Å²) >= 11 is 0. The number of anilines is 1. The minimum atomic E-state index is -4.31. The molecule has 0 spiro atoms. The van der Waals surface area contributed by atoms with Gasteiger partial charge in [-0.2, -0.15) is 13.2 Å². The van der Waals surface area contributed by atoms with Crippen LogP contribution < -0.4 is 4.90 Å². The first-order valence-electron chi connectivity index (χ1n) is 7.86. The van der Waals surface area contributed by atoms with Crippen molar-refractivity contribution in [1.29, 1.82) is 0 Å². The van der Waals surface area contributed by atoms with Crippen LogP contribution in [0.5, 0.6) is 0 Å². The smallest absolute Gasteiger partial charge is 0.411 e. The van der Waals surface area contributed by atoms with Gasteiger partial charge in [0, 0.05) is 31.9 Å². The lowest BCUT2D eigenvalue weighted by Gasteiger charge is -2.39. The Morgan fingerprint density at radius 3 is 2.52 bits per heavy atom. The molecule has 1 atom stereocenters. The molecule has 0 bridgehead atoms. The number of nitrogens with zero attached hydrogens (tertiary/aromatic N) is 3. The molecule has 1 saturated carbocycles. The molecule has 1 saturated heterocycles. The Balaban J connectivity index is 1.65. The van der Waals surface area contributed by atoms with Gasteiger partial charge in [-0.15, -0.1) is 0 Å². The van der Waals surface area contributed by atoms with E-state index in [0.717, 1.165) is 44.1 Å². The van der Waals surface area contributed by atoms with Crippen LogP contribution in [-0.2, 0) is 6.18 Å². The fourth-order valence-electron chi connectivity index (χ4n) is 3.49. The van der Waals surface area contributed by atoms with E-state index in [1.807, 2.05) is 4.90 Å². The minimum absolute atomic E-state index is 0.184. The van der Waals surface area contributed by atoms with Gasteiger partial charge < -0.3 is 10.1 Å². The molecular weight excluding hydrogens is 307 g/mol. The lowest BCUT2D eigenvalue weighted by atomic mass is 10.1. The van der Waals surface area contributed by atoms with Crippen LogP contribution >= 0.6 is 0 Å². The van der Waals surface area contributed by atoms with E-state index < -0.39 is 11.7 Å². The monoisotopic (exact) mass is 327 g/mol. The van der Waals surface area contributed by atoms with Gasteiger partial charge in [0.25, 0.3) is 0 Å². The van der Waals surface area contributed by atoms with Crippen molar-refractivity contribution in [3.63, 3.8) is 0 Å². The van der Waals surface area contributed by atoms with Gasteiger partial charge in [0.05, 0.1) is 17.3 Å². The molecule has 1 aliphatic heterocycles. The molecular formula is C16H20F3N3O. The fourth-order valence-corrected chi connectivity index (χ4v) is 3.49. The molecule has 7 heteroatoms. The van der Waals surface area contributed by atoms with Crippen LogP contribution in [-0.4, -0.2) is 48.0 Å². The summed E-state index contributed by atoms with van der Waals surface area (Å²) in [6, 6.07) is 5.68. The summed E-state index contributed by atoms with van der Waals surface area (Å²) in [5, 5.41) is 12.4. The Morgan fingerprint density at radius 1 is 1.13 bits per heavy atom. The Morgan fingerprint density at radius 2 is 1.87 bits per heavy atom. The Bertz CT molecular complexity index is 580. The second kappa shape index (κ2) is 6.39. The van der Waals surface area contributed by atoms with Crippen LogP contribution in [0.1, 0.15) is 24.8 Å². The predicted octanol–water partition coefficient (Wildman–Crippen LogP) is 3.21. The van der Waals surface area contributed by atoms with Crippen LogP contribution in [0, 0.1) is 0 Å². The molecule has 0 radical (unpaired) electrons. The number of piperazine rings is 1. The topological polar surface area (TPSA) is 39.1 Å². The largest absolute Gasteiger partial charge is 0.416 e. The van der Waals surface area contributed by atoms with E-state index in [1.54, 1.807) is 6.07 Å². The Hall–Kier alpha value is -1.76. The molecule has 2 fully saturated rings. The first-order valence-corrected chi connectivity index (χ1v) is 7.86. The van der Waals surface area contributed by atoms with Crippen LogP contribution in [0.3, 0.4) is 0 Å². The van der Waals surface area contributed by atoms with Gasteiger partial charge in [0.2, 0.25) is 0 Å². The van der Waals surface area contributed by atoms with E-state index in [-0.39, 0.29) is 6.04 Å². The SMILES string of the molecule is O/N=C1/CCCC1N1CCN(c2cccc(C(F)(F)F)c2)CC1. The Kier molecular flexibility index (Phi) is 4.48. The van der Waals surface area contributed by atoms with Gasteiger partial charge in [-0.05, 0) is 37.5 Å². The first-order chi connectivity index (χ1) is 11.0. The molecule has 1 aromatic carbocycles. The van der Waals surface area contributed by atoms with Gasteiger partial charge in [-0.3, -0.25) is 4.90 Å². The summed E-state index contributed by atoms with van der Waals surface area (Å²) in [5.41, 5.74) is 0.836. The molecule has 1 aliphatic carbocycles. The molecule has 1 unspecified atom stereocenters. The zero-order valence-electron chi connectivity index (χ0n) is 12.8. The van der Waals surface area contributed by atoms with Crippen molar-refractivity contribution in [3.05, 3.63) is 29.8 Å². The van der Waals surface area contributed by atoms with Gasteiger partial charge in [0.1, 0.15) is 0 Å². The fraction of sp³-hybridized carbons (Fsp3) is 0.562. The van der Waals surface area contributed by atoms with Gasteiger partial charge in [-0.25, -0.2) is 0 Å². The van der Waals surface area contributed by atoms with Crippen molar-refractivity contribution in [2.45, 2.75) is 31.5 Å². The average Bonchev–Trinajstić information content (AvgIpc) is 3.03. The van der Waals surface area contributed by atoms with Crippen LogP contribution in [0.25, 0.3) is 0 Å². The van der Waals surface area contributed by atoms with Crippen molar-refractivity contribution < 1.29 is 18.4 Å². The normalized spacial score (nSPS) is 25.3. The van der Waals surface area contributed by atoms with E-state index in [1.165, 1.54) is 12.1 Å². The average molecular weight is 327 g/mol. The second-order valence-corrected chi connectivity index (χ2v) is 6.07. The zero-order chi connectivity index (χ0) is 16.4. The van der Waals surface area contributed by atoms with E-state index >= 15 is 0 Å². The van der Waals surface area contributed by atoms with Crippen molar-refractivity contribution >= 4 is 11.4 Å². The lowest BCUT2D eigenvalue weighted by Crippen LogP contribution is -2.51. The minimum Gasteiger partial charge on any atom is -0.411 e. The second-order valence-electron chi connectivity index (χ2n) is 6.07. The lowest BCUT2D eigenvalue weighted by molar-refractivity contribution is -0.137. The third kappa shape index (κ3) is 3.44. The van der Waals surface area contributed by atoms with Crippen molar-refractivity contribution in [3.8, 4) is 0 Å². The molecule has 126 valence electrons. The number of alkyl halides is 3. The van der Waals surface area contributed by atoms with E-state index in [9.17, 15) is 13.2 Å². The third-order valence-electron chi connectivity index (χ3n) is 4.72. The Labute approximate surface area is 133 Å². The van der Waals surface area contributed by atoms with Crippen LogP contribution in [0.2, 0.25) is 0 Å². The highest BCUT2D eigenvalue weighted by molar-refractivity contribution is 5.90. The van der Waals surface area contributed by atoms with E-state index in [2.05, 4.69) is 10.1 Å². The van der Waals surface area contributed by atoms with Crippen molar-refractivity contribution in [2.24, 2.45) is 5.16 Å². The molecule has 1 aromatic rings. The highest BCUT2D eigenvalue weighted by Crippen LogP contribution is 2.32. The molecule has 1 N–H and O–H groups in total. The molecule has 1 heterocycles. The van der Waals surface area contributed by atoms with Crippen molar-refractivity contribution in [1.82, 2.24) is 4.90 Å². The molecule has 3 rings (SSSR count). The van der Waals surface area contributed by atoms with Crippen LogP contribution in [0.4, 0.5) is 18.9 Å². The number of halogens is 3. The molecule has 2 aliphatic rings. The van der Waals surface area contributed by atoms with Crippen molar-refractivity contribution in [2.75, 3.05) is 31.1 Å². The zero-order valence-corrected chi connectivity index (χ0v) is 12.8. The highest BCUT2D eigenvalue weighted by Gasteiger charge is 2.33. The highest BCUT2D eigenvalue weighted by atomic mass is 19.4. The molecule has 0 amide bonds. The number of hydrogen-bond acceptors (Lipinski definition) is 4. The summed E-state index contributed by atoms with van der Waals surface area (Å²) < 4.78 is 38.5. The summed E-state index contributed by atoms with van der Waals surface area (Å²) in [7, 11) is 0. The van der Waals surface area contributed by atoms with Gasteiger partial charge in [0.15, 0.2) is 0 Å². The quantitative estimate of drug-likeness (QED) is 0.670. The van der Waals surface area contributed by atoms with E-state index in [4.69, 9.17) is 5.21 Å². The molecule has 0 aromatic heterocycles. The van der Waals surface area contributed by atoms with Gasteiger partial charge >= 0.3 is 6.18 Å². The van der Waals surface area contributed by atoms with E-state index in [0.29, 0.717) is 18.8 Å². The maximum absolute atomic E-state index is 12.8. The number of rotatable bonds is 2. The van der Waals surface area contributed by atoms with Crippen LogP contribution in [0.15, 0.2) is 29.4 Å². The summed E-state index contributed by atoms with van der Waals surface area (Å²) in [6.07, 6.45) is -1.47. The summed E-state index contributed by atoms with van der Waals surface area (Å²) in [5.74, 6) is 0. The first kappa shape index (κ1) is 16.1. The molecule has 23 heavy (non-hydrogen) atoms. The van der Waals surface area contributed by atoms with Gasteiger partial charge in [-0.1, -0.05) is 11.2 Å². The maximum atomic E-state index is 12.8. The number of hydrogen-bond donors (Lipinski definition) is 1. The standard InChI is InChI=1S/C16H20F3N3O/c17-16(18,19)12-3-1-4-13(11-12)21-7-9-22(10-8-21)15-6-2-5-14(15)20-23/h1,3-4,11,15,23H,2,5-10H2/b20-14-. The number of benzene rings is 1. The summed E-state index contributed by atoms with van der Waals surface area (Å²) in [6.45, 7) is 2.88. The maximum Gasteiger partial charge on any atom is 0.416 e. The molecule has 4 nitrogen and oxygen atoms in total. The number of oxime groups is 1. The predicted molar refractivity (Wildman–Crippen MR) is 82.1 cm³/mol.